The summed E-state index contributed by atoms with van der Waals surface area (Å²) in [7, 11) is 4.61. The molecule has 1 saturated heterocycles. The Hall–Kier alpha value is -7.19. The molecular weight excluding hydrogens is 812 g/mol. The maximum absolute atomic E-state index is 15.7. The number of ether oxygens (including phenoxy) is 2. The van der Waals surface area contributed by atoms with E-state index in [1.807, 2.05) is 60.7 Å². The Balaban J connectivity index is 1.15. The van der Waals surface area contributed by atoms with Crippen molar-refractivity contribution in [3.05, 3.63) is 168 Å². The molecule has 0 bridgehead atoms. The van der Waals surface area contributed by atoms with Crippen molar-refractivity contribution in [2.24, 2.45) is 13.0 Å². The number of anilines is 1. The lowest BCUT2D eigenvalue weighted by atomic mass is 9.52. The van der Waals surface area contributed by atoms with E-state index in [0.29, 0.717) is 55.3 Å². The molecule has 4 heterocycles. The number of phenols is 1. The standard InChI is InChI=1S/C47H39ClN6O8/c1-50-36-25-39(62-3)38(61-2)24-34(36)49-33(43(50)57)19-20-51-45(59)52-21-18-31-35(54(52)46(51)60)23-32-42(56)53(29-14-9-13-28(48)22-29)44(58)47(32,27-11-5-4-6-12-27)41(31)40-30-15-8-7-10-26(30)16-17-37(40)55/h4-18,22,24-25,32,35,41,55H,19-21,23H2,1-3H3. The number of nitrogens with zero attached hydrogens (tertiary/aromatic N) is 6. The maximum Gasteiger partial charge on any atom is 0.347 e. The van der Waals surface area contributed by atoms with Gasteiger partial charge in [-0.3, -0.25) is 14.4 Å². The van der Waals surface area contributed by atoms with Gasteiger partial charge in [-0.15, -0.1) is 0 Å². The minimum atomic E-state index is -1.60. The largest absolute Gasteiger partial charge is 0.508 e. The number of carbonyl (C=O) groups excluding carboxylic acids is 2. The van der Waals surface area contributed by atoms with Crippen LogP contribution >= 0.6 is 11.6 Å². The molecule has 10 rings (SSSR count). The maximum atomic E-state index is 15.7. The molecule has 15 heteroatoms. The van der Waals surface area contributed by atoms with Crippen LogP contribution in [0.5, 0.6) is 17.2 Å². The van der Waals surface area contributed by atoms with Crippen molar-refractivity contribution in [1.29, 1.82) is 0 Å². The molecule has 4 unspecified atom stereocenters. The number of phenolic OH excluding ortho intramolecular Hbond substituents is 1. The lowest BCUT2D eigenvalue weighted by Crippen LogP contribution is -2.53. The molecule has 2 aromatic heterocycles. The van der Waals surface area contributed by atoms with Crippen molar-refractivity contribution in [3.8, 4) is 17.2 Å². The number of carbonyl (C=O) groups is 2. The molecule has 2 fully saturated rings. The van der Waals surface area contributed by atoms with Crippen LogP contribution in [0.2, 0.25) is 5.02 Å². The van der Waals surface area contributed by atoms with Crippen molar-refractivity contribution in [1.82, 2.24) is 23.5 Å². The highest BCUT2D eigenvalue weighted by molar-refractivity contribution is 6.32. The Bertz CT molecular complexity index is 3260. The van der Waals surface area contributed by atoms with E-state index in [2.05, 4.69) is 4.98 Å². The molecule has 2 aliphatic heterocycles. The number of aryl methyl sites for hydroxylation is 2. The summed E-state index contributed by atoms with van der Waals surface area (Å²) in [5.41, 5.74) is -0.246. The first-order valence-corrected chi connectivity index (χ1v) is 20.5. The molecule has 0 spiro atoms. The van der Waals surface area contributed by atoms with E-state index in [4.69, 9.17) is 21.1 Å². The molecule has 2 amide bonds. The summed E-state index contributed by atoms with van der Waals surface area (Å²) in [5.74, 6) is -2.28. The van der Waals surface area contributed by atoms with Gasteiger partial charge in [0.1, 0.15) is 11.4 Å². The fourth-order valence-corrected chi connectivity index (χ4v) is 10.4. The first-order chi connectivity index (χ1) is 30.0. The first-order valence-electron chi connectivity index (χ1n) is 20.1. The van der Waals surface area contributed by atoms with Crippen molar-refractivity contribution < 1.29 is 24.2 Å². The van der Waals surface area contributed by atoms with Gasteiger partial charge >= 0.3 is 11.4 Å². The summed E-state index contributed by atoms with van der Waals surface area (Å²) in [6.45, 7) is -0.207. The number of fused-ring (bicyclic) bond motifs is 6. The fraction of sp³-hybridized carbons (Fsp3) is 0.234. The number of allylic oxidation sites excluding steroid dienone is 2. The number of methoxy groups -OCH3 is 2. The normalized spacial score (nSPS) is 20.5. The van der Waals surface area contributed by atoms with Crippen molar-refractivity contribution in [3.63, 3.8) is 0 Å². The van der Waals surface area contributed by atoms with Crippen molar-refractivity contribution in [2.75, 3.05) is 19.1 Å². The van der Waals surface area contributed by atoms with Crippen LogP contribution < -0.4 is 31.3 Å². The summed E-state index contributed by atoms with van der Waals surface area (Å²) in [4.78, 5) is 79.3. The summed E-state index contributed by atoms with van der Waals surface area (Å²) < 4.78 is 16.1. The zero-order chi connectivity index (χ0) is 43.2. The molecule has 7 aromatic rings. The van der Waals surface area contributed by atoms with Gasteiger partial charge in [-0.2, -0.15) is 0 Å². The van der Waals surface area contributed by atoms with Crippen LogP contribution in [-0.2, 0) is 41.6 Å². The predicted molar refractivity (Wildman–Crippen MR) is 232 cm³/mol. The Morgan fingerprint density at radius 3 is 2.35 bits per heavy atom. The van der Waals surface area contributed by atoms with E-state index in [-0.39, 0.29) is 37.4 Å². The highest BCUT2D eigenvalue weighted by atomic mass is 35.5. The van der Waals surface area contributed by atoms with Gasteiger partial charge in [0.15, 0.2) is 11.5 Å². The van der Waals surface area contributed by atoms with Gasteiger partial charge in [-0.25, -0.2) is 33.4 Å². The fourth-order valence-electron chi connectivity index (χ4n) is 10.2. The van der Waals surface area contributed by atoms with Gasteiger partial charge in [0, 0.05) is 48.6 Å². The van der Waals surface area contributed by atoms with E-state index in [9.17, 15) is 19.5 Å². The third kappa shape index (κ3) is 5.48. The van der Waals surface area contributed by atoms with Gasteiger partial charge < -0.3 is 19.1 Å². The average molecular weight is 851 g/mol. The minimum absolute atomic E-state index is 0.0220. The number of hydrogen-bond acceptors (Lipinski definition) is 9. The van der Waals surface area contributed by atoms with Crippen molar-refractivity contribution in [2.45, 2.75) is 43.3 Å². The number of hydrogen-bond donors (Lipinski definition) is 1. The second kappa shape index (κ2) is 14.5. The van der Waals surface area contributed by atoms with E-state index in [0.717, 1.165) is 9.95 Å². The topological polar surface area (TPSA) is 160 Å². The zero-order valence-corrected chi connectivity index (χ0v) is 34.6. The van der Waals surface area contributed by atoms with Gasteiger partial charge in [-0.1, -0.05) is 84.4 Å². The highest BCUT2D eigenvalue weighted by Gasteiger charge is 2.69. The van der Waals surface area contributed by atoms with Gasteiger partial charge in [0.05, 0.1) is 54.9 Å². The Morgan fingerprint density at radius 1 is 0.855 bits per heavy atom. The van der Waals surface area contributed by atoms with Gasteiger partial charge in [-0.05, 0) is 52.6 Å². The number of amides is 2. The van der Waals surface area contributed by atoms with Crippen molar-refractivity contribution >= 4 is 50.9 Å². The van der Waals surface area contributed by atoms with E-state index >= 15 is 9.59 Å². The molecule has 62 heavy (non-hydrogen) atoms. The monoisotopic (exact) mass is 850 g/mol. The molecule has 4 atom stereocenters. The second-order valence-corrected chi connectivity index (χ2v) is 16.3. The molecule has 14 nitrogen and oxygen atoms in total. The van der Waals surface area contributed by atoms with Crippen LogP contribution in [0.25, 0.3) is 21.8 Å². The number of benzene rings is 5. The summed E-state index contributed by atoms with van der Waals surface area (Å²) in [6.07, 6.45) is 1.78. The smallest absolute Gasteiger partial charge is 0.347 e. The molecule has 0 radical (unpaired) electrons. The van der Waals surface area contributed by atoms with Crippen LogP contribution in [0.1, 0.15) is 35.2 Å². The molecule has 1 N–H and O–H groups in total. The Morgan fingerprint density at radius 2 is 1.60 bits per heavy atom. The number of halogens is 1. The van der Waals surface area contributed by atoms with Crippen LogP contribution in [0.15, 0.2) is 129 Å². The average Bonchev–Trinajstić information content (AvgIpc) is 3.67. The molecule has 1 saturated carbocycles. The molecule has 312 valence electrons. The SMILES string of the molecule is COc1cc2nc(CCn3c(=O)n4n(c3=O)C3CC5C(=O)N(c6cccc(Cl)c6)C(=O)C5(c5ccccc5)C(c5c(O)ccc6ccccc56)C3=CC4)c(=O)n(C)c2cc1OC. The Labute approximate surface area is 358 Å². The predicted octanol–water partition coefficient (Wildman–Crippen LogP) is 5.63. The number of aromatic nitrogens is 5. The quantitative estimate of drug-likeness (QED) is 0.151. The zero-order valence-electron chi connectivity index (χ0n) is 33.8. The van der Waals surface area contributed by atoms with E-state index in [1.54, 1.807) is 55.6 Å². The molecular formula is C47H39ClN6O8. The third-order valence-electron chi connectivity index (χ3n) is 13.0. The van der Waals surface area contributed by atoms with Crippen LogP contribution in [0, 0.1) is 5.92 Å². The van der Waals surface area contributed by atoms with Crippen LogP contribution in [-0.4, -0.2) is 54.6 Å². The lowest BCUT2D eigenvalue weighted by Gasteiger charge is -2.49. The molecule has 1 aliphatic carbocycles. The Kier molecular flexibility index (Phi) is 9.10. The second-order valence-electron chi connectivity index (χ2n) is 15.9. The molecule has 3 aliphatic rings. The summed E-state index contributed by atoms with van der Waals surface area (Å²) in [5, 5.41) is 13.8. The van der Waals surface area contributed by atoms with E-state index < -0.39 is 52.0 Å². The number of imide groups is 1. The summed E-state index contributed by atoms with van der Waals surface area (Å²) in [6, 6.07) is 29.0. The van der Waals surface area contributed by atoms with Crippen LogP contribution in [0.3, 0.4) is 0 Å². The highest BCUT2D eigenvalue weighted by Crippen LogP contribution is 2.64. The number of aromatic hydroxyl groups is 1. The van der Waals surface area contributed by atoms with Crippen LogP contribution in [0.4, 0.5) is 5.69 Å². The minimum Gasteiger partial charge on any atom is -0.508 e. The molecule has 5 aromatic carbocycles. The lowest BCUT2D eigenvalue weighted by molar-refractivity contribution is -0.124. The van der Waals surface area contributed by atoms with Gasteiger partial charge in [0.2, 0.25) is 11.8 Å². The third-order valence-corrected chi connectivity index (χ3v) is 13.2. The number of rotatable bonds is 8. The van der Waals surface area contributed by atoms with E-state index in [1.165, 1.54) is 33.1 Å². The first kappa shape index (κ1) is 39.0. The summed E-state index contributed by atoms with van der Waals surface area (Å²) >= 11 is 6.46. The van der Waals surface area contributed by atoms with Gasteiger partial charge in [0.25, 0.3) is 5.56 Å².